The van der Waals surface area contributed by atoms with Crippen molar-refractivity contribution >= 4 is 22.4 Å². The molecule has 7 nitrogen and oxygen atoms in total. The standard InChI is InChI=1S/C28H31NO6/c1-17-6-7-21-18(2)22(28(31)35-23(21)14-17)8-9-26(30)29-12-10-19(11-13-29)27-24(33-4)15-20(32-3)16-25(27)34-5/h6-7,10,14-16H,8-9,11-13H2,1-5H3. The summed E-state index contributed by atoms with van der Waals surface area (Å²) in [6.45, 7) is 4.94. The molecule has 0 saturated carbocycles. The quantitative estimate of drug-likeness (QED) is 0.460. The Morgan fingerprint density at radius 2 is 1.74 bits per heavy atom. The van der Waals surface area contributed by atoms with Gasteiger partial charge in [-0.1, -0.05) is 18.2 Å². The van der Waals surface area contributed by atoms with Gasteiger partial charge in [-0.05, 0) is 49.5 Å². The number of methoxy groups -OCH3 is 3. The van der Waals surface area contributed by atoms with Gasteiger partial charge in [0.1, 0.15) is 22.8 Å². The summed E-state index contributed by atoms with van der Waals surface area (Å²) in [5.41, 5.74) is 4.63. The van der Waals surface area contributed by atoms with E-state index in [4.69, 9.17) is 18.6 Å². The zero-order chi connectivity index (χ0) is 25.1. The summed E-state index contributed by atoms with van der Waals surface area (Å²) in [6.07, 6.45) is 3.30. The van der Waals surface area contributed by atoms with E-state index in [0.717, 1.165) is 27.6 Å². The normalized spacial score (nSPS) is 13.5. The van der Waals surface area contributed by atoms with Crippen molar-refractivity contribution in [2.24, 2.45) is 0 Å². The van der Waals surface area contributed by atoms with Crippen LogP contribution in [-0.4, -0.2) is 45.2 Å². The van der Waals surface area contributed by atoms with Crippen LogP contribution in [0.25, 0.3) is 16.5 Å². The van der Waals surface area contributed by atoms with Crippen molar-refractivity contribution in [1.82, 2.24) is 4.90 Å². The van der Waals surface area contributed by atoms with Crippen LogP contribution in [-0.2, 0) is 11.2 Å². The van der Waals surface area contributed by atoms with Gasteiger partial charge in [0.05, 0.1) is 26.9 Å². The van der Waals surface area contributed by atoms with Crippen LogP contribution in [0.4, 0.5) is 0 Å². The average Bonchev–Trinajstić information content (AvgIpc) is 2.87. The Kier molecular flexibility index (Phi) is 7.15. The van der Waals surface area contributed by atoms with Gasteiger partial charge in [0.25, 0.3) is 0 Å². The molecule has 0 unspecified atom stereocenters. The molecule has 1 aliphatic rings. The largest absolute Gasteiger partial charge is 0.496 e. The minimum Gasteiger partial charge on any atom is -0.496 e. The number of aryl methyl sites for hydroxylation is 2. The number of fused-ring (bicyclic) bond motifs is 1. The Morgan fingerprint density at radius 3 is 2.34 bits per heavy atom. The van der Waals surface area contributed by atoms with Crippen LogP contribution in [0.15, 0.2) is 45.6 Å². The maximum Gasteiger partial charge on any atom is 0.339 e. The van der Waals surface area contributed by atoms with Crippen molar-refractivity contribution in [2.45, 2.75) is 33.1 Å². The fourth-order valence-electron chi connectivity index (χ4n) is 4.63. The third kappa shape index (κ3) is 4.90. The van der Waals surface area contributed by atoms with Crippen LogP contribution in [0, 0.1) is 13.8 Å². The Hall–Kier alpha value is -3.74. The molecule has 0 radical (unpaired) electrons. The molecule has 0 atom stereocenters. The van der Waals surface area contributed by atoms with E-state index >= 15 is 0 Å². The molecule has 3 aromatic rings. The first kappa shape index (κ1) is 24.4. The molecular weight excluding hydrogens is 446 g/mol. The van der Waals surface area contributed by atoms with E-state index in [0.29, 0.717) is 54.3 Å². The van der Waals surface area contributed by atoms with Crippen molar-refractivity contribution in [1.29, 1.82) is 0 Å². The number of nitrogens with zero attached hydrogens (tertiary/aromatic N) is 1. The highest BCUT2D eigenvalue weighted by Gasteiger charge is 2.23. The molecule has 0 fully saturated rings. The molecule has 7 heteroatoms. The molecule has 0 saturated heterocycles. The van der Waals surface area contributed by atoms with E-state index in [1.807, 2.05) is 55.2 Å². The molecular formula is C28H31NO6. The molecule has 35 heavy (non-hydrogen) atoms. The second-order valence-corrected chi connectivity index (χ2v) is 8.72. The zero-order valence-electron chi connectivity index (χ0n) is 20.9. The van der Waals surface area contributed by atoms with Crippen LogP contribution in [0.1, 0.15) is 35.1 Å². The molecule has 0 bridgehead atoms. The van der Waals surface area contributed by atoms with Gasteiger partial charge in [-0.3, -0.25) is 4.79 Å². The minimum absolute atomic E-state index is 0.0109. The molecule has 2 heterocycles. The van der Waals surface area contributed by atoms with E-state index in [1.54, 1.807) is 21.3 Å². The molecule has 1 amide bonds. The van der Waals surface area contributed by atoms with E-state index in [9.17, 15) is 9.59 Å². The first-order valence-corrected chi connectivity index (χ1v) is 11.7. The number of hydrogen-bond donors (Lipinski definition) is 0. The van der Waals surface area contributed by atoms with Crippen LogP contribution in [0.3, 0.4) is 0 Å². The van der Waals surface area contributed by atoms with Crippen LogP contribution in [0.5, 0.6) is 17.2 Å². The number of rotatable bonds is 7. The van der Waals surface area contributed by atoms with Crippen molar-refractivity contribution < 1.29 is 23.4 Å². The lowest BCUT2D eigenvalue weighted by Gasteiger charge is -2.28. The number of amides is 1. The Morgan fingerprint density at radius 1 is 1.03 bits per heavy atom. The van der Waals surface area contributed by atoms with Gasteiger partial charge in [0.2, 0.25) is 5.91 Å². The van der Waals surface area contributed by atoms with Gasteiger partial charge in [-0.2, -0.15) is 0 Å². The predicted molar refractivity (Wildman–Crippen MR) is 136 cm³/mol. The van der Waals surface area contributed by atoms with E-state index in [2.05, 4.69) is 0 Å². The average molecular weight is 478 g/mol. The molecule has 4 rings (SSSR count). The number of benzene rings is 2. The topological polar surface area (TPSA) is 78.2 Å². The molecule has 184 valence electrons. The van der Waals surface area contributed by atoms with E-state index in [1.165, 1.54) is 0 Å². The van der Waals surface area contributed by atoms with Crippen molar-refractivity contribution in [2.75, 3.05) is 34.4 Å². The van der Waals surface area contributed by atoms with E-state index in [-0.39, 0.29) is 18.0 Å². The molecule has 0 spiro atoms. The number of ether oxygens (including phenoxy) is 3. The summed E-state index contributed by atoms with van der Waals surface area (Å²) in [4.78, 5) is 27.4. The van der Waals surface area contributed by atoms with Gasteiger partial charge in [0.15, 0.2) is 0 Å². The minimum atomic E-state index is -0.368. The van der Waals surface area contributed by atoms with E-state index < -0.39 is 0 Å². The fraction of sp³-hybridized carbons (Fsp3) is 0.357. The highest BCUT2D eigenvalue weighted by molar-refractivity contribution is 5.83. The molecule has 2 aromatic carbocycles. The summed E-state index contributed by atoms with van der Waals surface area (Å²) < 4.78 is 22.0. The van der Waals surface area contributed by atoms with Crippen molar-refractivity contribution in [3.63, 3.8) is 0 Å². The molecule has 0 aliphatic carbocycles. The Balaban J connectivity index is 1.48. The summed E-state index contributed by atoms with van der Waals surface area (Å²) in [5, 5.41) is 0.908. The first-order chi connectivity index (χ1) is 16.9. The zero-order valence-corrected chi connectivity index (χ0v) is 20.9. The second-order valence-electron chi connectivity index (χ2n) is 8.72. The summed E-state index contributed by atoms with van der Waals surface area (Å²) in [5.74, 6) is 2.00. The first-order valence-electron chi connectivity index (χ1n) is 11.7. The van der Waals surface area contributed by atoms with Crippen LogP contribution in [0.2, 0.25) is 0 Å². The summed E-state index contributed by atoms with van der Waals surface area (Å²) >= 11 is 0. The number of carbonyl (C=O) groups is 1. The van der Waals surface area contributed by atoms with Crippen LogP contribution >= 0.6 is 0 Å². The number of hydrogen-bond acceptors (Lipinski definition) is 6. The lowest BCUT2D eigenvalue weighted by atomic mass is 9.96. The van der Waals surface area contributed by atoms with Crippen molar-refractivity contribution in [3.05, 3.63) is 69.1 Å². The van der Waals surface area contributed by atoms with Gasteiger partial charge < -0.3 is 23.5 Å². The second kappa shape index (κ2) is 10.3. The smallest absolute Gasteiger partial charge is 0.339 e. The molecule has 0 N–H and O–H groups in total. The molecule has 1 aromatic heterocycles. The maximum absolute atomic E-state index is 13.0. The highest BCUT2D eigenvalue weighted by Crippen LogP contribution is 2.40. The Bertz CT molecular complexity index is 1330. The van der Waals surface area contributed by atoms with Gasteiger partial charge in [-0.15, -0.1) is 0 Å². The highest BCUT2D eigenvalue weighted by atomic mass is 16.5. The van der Waals surface area contributed by atoms with Gasteiger partial charge in [0, 0.05) is 42.6 Å². The lowest BCUT2D eigenvalue weighted by molar-refractivity contribution is -0.130. The maximum atomic E-state index is 13.0. The summed E-state index contributed by atoms with van der Waals surface area (Å²) in [6, 6.07) is 9.48. The van der Waals surface area contributed by atoms with Gasteiger partial charge in [-0.25, -0.2) is 4.79 Å². The monoisotopic (exact) mass is 477 g/mol. The lowest BCUT2D eigenvalue weighted by Crippen LogP contribution is -2.35. The SMILES string of the molecule is COc1cc(OC)c(C2=CCN(C(=O)CCc3c(C)c4ccc(C)cc4oc3=O)CC2)c(OC)c1. The third-order valence-corrected chi connectivity index (χ3v) is 6.63. The van der Waals surface area contributed by atoms with Crippen LogP contribution < -0.4 is 19.8 Å². The third-order valence-electron chi connectivity index (χ3n) is 6.63. The predicted octanol–water partition coefficient (Wildman–Crippen LogP) is 4.68. The number of carbonyl (C=O) groups excluding carboxylic acids is 1. The summed E-state index contributed by atoms with van der Waals surface area (Å²) in [7, 11) is 4.83. The van der Waals surface area contributed by atoms with Gasteiger partial charge >= 0.3 is 5.63 Å². The molecule has 1 aliphatic heterocycles. The fourth-order valence-corrected chi connectivity index (χ4v) is 4.63. The van der Waals surface area contributed by atoms with Crippen molar-refractivity contribution in [3.8, 4) is 17.2 Å². The Labute approximate surface area is 204 Å².